The molecule has 0 radical (unpaired) electrons. The zero-order chi connectivity index (χ0) is 12.0. The molecule has 0 aromatic carbocycles. The van der Waals surface area contributed by atoms with Crippen molar-refractivity contribution < 1.29 is 0 Å². The molecule has 0 bridgehead atoms. The number of likely N-dealkylation sites (N-methyl/N-ethyl adjacent to an activating group) is 1. The summed E-state index contributed by atoms with van der Waals surface area (Å²) in [6, 6.07) is 2.07. The molecule has 1 N–H and O–H groups in total. The lowest BCUT2D eigenvalue weighted by molar-refractivity contribution is 0.313. The van der Waals surface area contributed by atoms with Crippen molar-refractivity contribution in [2.75, 3.05) is 26.7 Å². The predicted molar refractivity (Wildman–Crippen MR) is 67.2 cm³/mol. The number of aromatic nitrogens is 2. The number of nitrogens with one attached hydrogen (secondary N) is 1. The van der Waals surface area contributed by atoms with Gasteiger partial charge in [-0.25, -0.2) is 0 Å². The van der Waals surface area contributed by atoms with Crippen molar-refractivity contribution in [3.05, 3.63) is 18.0 Å². The summed E-state index contributed by atoms with van der Waals surface area (Å²) in [5.74, 6) is 0.724. The number of hydrogen-bond donors (Lipinski definition) is 1. The molecule has 0 spiro atoms. The molecule has 0 saturated carbocycles. The summed E-state index contributed by atoms with van der Waals surface area (Å²) in [5.41, 5.74) is 1.26. The number of rotatable bonds is 7. The van der Waals surface area contributed by atoms with Gasteiger partial charge in [0.15, 0.2) is 0 Å². The van der Waals surface area contributed by atoms with Crippen LogP contribution in [-0.2, 0) is 13.6 Å². The van der Waals surface area contributed by atoms with E-state index >= 15 is 0 Å². The molecule has 0 aliphatic carbocycles. The molecule has 1 rings (SSSR count). The lowest BCUT2D eigenvalue weighted by atomic mass is 10.2. The van der Waals surface area contributed by atoms with E-state index in [-0.39, 0.29) is 0 Å². The van der Waals surface area contributed by atoms with E-state index in [1.807, 2.05) is 17.9 Å². The Hall–Kier alpha value is -0.870. The lowest BCUT2D eigenvalue weighted by Gasteiger charge is -2.17. The Morgan fingerprint density at radius 2 is 2.25 bits per heavy atom. The van der Waals surface area contributed by atoms with Crippen LogP contribution in [-0.4, -0.2) is 41.4 Å². The Kier molecular flexibility index (Phi) is 5.49. The minimum atomic E-state index is 0.724. The molecule has 1 heterocycles. The van der Waals surface area contributed by atoms with Crippen LogP contribution in [0.3, 0.4) is 0 Å². The molecule has 4 heteroatoms. The van der Waals surface area contributed by atoms with E-state index in [0.717, 1.165) is 32.1 Å². The second kappa shape index (κ2) is 6.66. The Bertz CT molecular complexity index is 293. The quantitative estimate of drug-likeness (QED) is 0.704. The van der Waals surface area contributed by atoms with E-state index < -0.39 is 0 Å². The van der Waals surface area contributed by atoms with Crippen LogP contribution in [0.1, 0.15) is 19.5 Å². The van der Waals surface area contributed by atoms with Crippen molar-refractivity contribution in [1.82, 2.24) is 20.0 Å². The van der Waals surface area contributed by atoms with Crippen molar-refractivity contribution in [2.24, 2.45) is 13.0 Å². The summed E-state index contributed by atoms with van der Waals surface area (Å²) >= 11 is 0. The van der Waals surface area contributed by atoms with Crippen molar-refractivity contribution in [2.45, 2.75) is 20.4 Å². The first-order chi connectivity index (χ1) is 7.59. The Balaban J connectivity index is 2.16. The average molecular weight is 224 g/mol. The fourth-order valence-electron chi connectivity index (χ4n) is 1.57. The van der Waals surface area contributed by atoms with Crippen LogP contribution < -0.4 is 5.32 Å². The van der Waals surface area contributed by atoms with Gasteiger partial charge in [-0.05, 0) is 25.6 Å². The molecular weight excluding hydrogens is 200 g/mol. The first-order valence-corrected chi connectivity index (χ1v) is 5.95. The molecule has 0 aliphatic rings. The van der Waals surface area contributed by atoms with E-state index in [9.17, 15) is 0 Å². The molecule has 0 fully saturated rings. The summed E-state index contributed by atoms with van der Waals surface area (Å²) in [6.45, 7) is 8.63. The van der Waals surface area contributed by atoms with Crippen LogP contribution in [0.2, 0.25) is 0 Å². The maximum absolute atomic E-state index is 4.16. The SMILES string of the molecule is CC(C)CNCCN(C)Cc1ccnn1C. The minimum Gasteiger partial charge on any atom is -0.315 e. The lowest BCUT2D eigenvalue weighted by Crippen LogP contribution is -2.31. The fraction of sp³-hybridized carbons (Fsp3) is 0.750. The van der Waals surface area contributed by atoms with Gasteiger partial charge in [-0.15, -0.1) is 0 Å². The molecule has 4 nitrogen and oxygen atoms in total. The average Bonchev–Trinajstić information content (AvgIpc) is 2.59. The van der Waals surface area contributed by atoms with E-state index in [2.05, 4.69) is 42.3 Å². The summed E-state index contributed by atoms with van der Waals surface area (Å²) in [4.78, 5) is 2.31. The third kappa shape index (κ3) is 4.77. The van der Waals surface area contributed by atoms with Crippen molar-refractivity contribution in [3.63, 3.8) is 0 Å². The highest BCUT2D eigenvalue weighted by atomic mass is 15.3. The van der Waals surface area contributed by atoms with Crippen molar-refractivity contribution in [1.29, 1.82) is 0 Å². The normalized spacial score (nSPS) is 11.6. The Morgan fingerprint density at radius 1 is 1.50 bits per heavy atom. The van der Waals surface area contributed by atoms with Gasteiger partial charge in [-0.1, -0.05) is 13.8 Å². The van der Waals surface area contributed by atoms with Crippen LogP contribution in [0.5, 0.6) is 0 Å². The van der Waals surface area contributed by atoms with Gasteiger partial charge >= 0.3 is 0 Å². The molecule has 0 saturated heterocycles. The van der Waals surface area contributed by atoms with Crippen LogP contribution in [0, 0.1) is 5.92 Å². The smallest absolute Gasteiger partial charge is 0.0520 e. The largest absolute Gasteiger partial charge is 0.315 e. The predicted octanol–water partition coefficient (Wildman–Crippen LogP) is 1.10. The Morgan fingerprint density at radius 3 is 2.81 bits per heavy atom. The topological polar surface area (TPSA) is 33.1 Å². The van der Waals surface area contributed by atoms with Crippen LogP contribution >= 0.6 is 0 Å². The van der Waals surface area contributed by atoms with Gasteiger partial charge in [0.25, 0.3) is 0 Å². The summed E-state index contributed by atoms with van der Waals surface area (Å²) < 4.78 is 1.93. The maximum Gasteiger partial charge on any atom is 0.0520 e. The zero-order valence-corrected chi connectivity index (χ0v) is 10.9. The standard InChI is InChI=1S/C12H24N4/c1-11(2)9-13-7-8-15(3)10-12-5-6-14-16(12)4/h5-6,11,13H,7-10H2,1-4H3. The highest BCUT2D eigenvalue weighted by Gasteiger charge is 2.03. The molecule has 1 aromatic rings. The van der Waals surface area contributed by atoms with E-state index in [4.69, 9.17) is 0 Å². The van der Waals surface area contributed by atoms with Crippen molar-refractivity contribution in [3.8, 4) is 0 Å². The third-order valence-corrected chi connectivity index (χ3v) is 2.58. The maximum atomic E-state index is 4.16. The zero-order valence-electron chi connectivity index (χ0n) is 10.9. The van der Waals surface area contributed by atoms with Gasteiger partial charge < -0.3 is 5.32 Å². The minimum absolute atomic E-state index is 0.724. The summed E-state index contributed by atoms with van der Waals surface area (Å²) in [7, 11) is 4.13. The van der Waals surface area contributed by atoms with Gasteiger partial charge in [0.2, 0.25) is 0 Å². The molecule has 1 aromatic heterocycles. The molecule has 16 heavy (non-hydrogen) atoms. The van der Waals surface area contributed by atoms with E-state index in [1.165, 1.54) is 5.69 Å². The number of hydrogen-bond acceptors (Lipinski definition) is 3. The fourth-order valence-corrected chi connectivity index (χ4v) is 1.57. The van der Waals surface area contributed by atoms with E-state index in [1.54, 1.807) is 0 Å². The molecular formula is C12H24N4. The Labute approximate surface area is 98.6 Å². The highest BCUT2D eigenvalue weighted by molar-refractivity contribution is 4.99. The van der Waals surface area contributed by atoms with Gasteiger partial charge in [0, 0.05) is 32.9 Å². The summed E-state index contributed by atoms with van der Waals surface area (Å²) in [5, 5.41) is 7.61. The van der Waals surface area contributed by atoms with Crippen LogP contribution in [0.4, 0.5) is 0 Å². The second-order valence-electron chi connectivity index (χ2n) is 4.78. The van der Waals surface area contributed by atoms with Gasteiger partial charge in [0.05, 0.1) is 5.69 Å². The van der Waals surface area contributed by atoms with Gasteiger partial charge in [0.1, 0.15) is 0 Å². The number of aryl methyl sites for hydroxylation is 1. The first-order valence-electron chi connectivity index (χ1n) is 5.95. The third-order valence-electron chi connectivity index (χ3n) is 2.58. The number of nitrogens with zero attached hydrogens (tertiary/aromatic N) is 3. The monoisotopic (exact) mass is 224 g/mol. The van der Waals surface area contributed by atoms with E-state index in [0.29, 0.717) is 0 Å². The molecule has 0 atom stereocenters. The van der Waals surface area contributed by atoms with Gasteiger partial charge in [-0.3, -0.25) is 9.58 Å². The van der Waals surface area contributed by atoms with Gasteiger partial charge in [-0.2, -0.15) is 5.10 Å². The first kappa shape index (κ1) is 13.2. The second-order valence-corrected chi connectivity index (χ2v) is 4.78. The molecule has 92 valence electrons. The van der Waals surface area contributed by atoms with Crippen LogP contribution in [0.25, 0.3) is 0 Å². The molecule has 0 unspecified atom stereocenters. The van der Waals surface area contributed by atoms with Crippen LogP contribution in [0.15, 0.2) is 12.3 Å². The molecule has 0 aliphatic heterocycles. The summed E-state index contributed by atoms with van der Waals surface area (Å²) in [6.07, 6.45) is 1.85. The van der Waals surface area contributed by atoms with Crippen molar-refractivity contribution >= 4 is 0 Å². The highest BCUT2D eigenvalue weighted by Crippen LogP contribution is 2.00. The molecule has 0 amide bonds.